The summed E-state index contributed by atoms with van der Waals surface area (Å²) in [5.74, 6) is 0.00359. The fourth-order valence-electron chi connectivity index (χ4n) is 2.83. The lowest BCUT2D eigenvalue weighted by Crippen LogP contribution is -2.36. The first-order valence-corrected chi connectivity index (χ1v) is 12.4. The van der Waals surface area contributed by atoms with Gasteiger partial charge < -0.3 is 23.5 Å². The van der Waals surface area contributed by atoms with E-state index in [9.17, 15) is 14.2 Å². The molecular weight excluding hydrogens is 437 g/mol. The third-order valence-corrected chi connectivity index (χ3v) is 6.17. The van der Waals surface area contributed by atoms with Crippen LogP contribution in [0.1, 0.15) is 71.4 Å². The van der Waals surface area contributed by atoms with E-state index in [4.69, 9.17) is 18.7 Å². The molecule has 0 fully saturated rings. The number of hydrogen-bond donors (Lipinski definition) is 1. The molecule has 10 heteroatoms. The summed E-state index contributed by atoms with van der Waals surface area (Å²) in [4.78, 5) is 23.7. The summed E-state index contributed by atoms with van der Waals surface area (Å²) < 4.78 is 39.1. The molecule has 0 aliphatic rings. The second-order valence-corrected chi connectivity index (χ2v) is 10.3. The minimum atomic E-state index is -3.66. The lowest BCUT2D eigenvalue weighted by Gasteiger charge is -2.27. The van der Waals surface area contributed by atoms with Crippen LogP contribution in [0.3, 0.4) is 0 Å². The van der Waals surface area contributed by atoms with E-state index in [0.717, 1.165) is 11.1 Å². The number of benzene rings is 1. The van der Waals surface area contributed by atoms with E-state index in [2.05, 4.69) is 9.82 Å². The first kappa shape index (κ1) is 27.9. The molecule has 0 unspecified atom stereocenters. The number of esters is 1. The molecule has 0 aliphatic heterocycles. The largest absolute Gasteiger partial charge is 0.511 e. The van der Waals surface area contributed by atoms with Crippen molar-refractivity contribution in [3.63, 3.8) is 0 Å². The summed E-state index contributed by atoms with van der Waals surface area (Å²) in [6.07, 6.45) is -1.57. The number of carbonyl (C=O) groups is 2. The SMILES string of the molecule is COC[P@@](=O)(N[C@@H](C)C(=O)OCOC(=O)OC(C)C)Oc1c(C(C)C)cccc1C(C)C. The number of rotatable bonds is 12. The molecule has 2 atom stereocenters. The highest BCUT2D eigenvalue weighted by Crippen LogP contribution is 2.48. The van der Waals surface area contributed by atoms with Gasteiger partial charge in [-0.15, -0.1) is 0 Å². The molecule has 1 N–H and O–H groups in total. The summed E-state index contributed by atoms with van der Waals surface area (Å²) >= 11 is 0. The normalized spacial score (nSPS) is 14.2. The van der Waals surface area contributed by atoms with Gasteiger partial charge in [0.1, 0.15) is 18.1 Å². The van der Waals surface area contributed by atoms with Crippen molar-refractivity contribution < 1.29 is 37.6 Å². The minimum absolute atomic E-state index is 0.129. The highest BCUT2D eigenvalue weighted by atomic mass is 31.2. The molecule has 1 aromatic carbocycles. The van der Waals surface area contributed by atoms with Crippen molar-refractivity contribution in [3.05, 3.63) is 29.3 Å². The highest BCUT2D eigenvalue weighted by molar-refractivity contribution is 7.57. The van der Waals surface area contributed by atoms with Gasteiger partial charge in [0, 0.05) is 7.11 Å². The molecular formula is C22H36NO8P. The van der Waals surface area contributed by atoms with E-state index in [1.807, 2.05) is 45.9 Å². The van der Waals surface area contributed by atoms with Gasteiger partial charge in [0.25, 0.3) is 0 Å². The van der Waals surface area contributed by atoms with Crippen LogP contribution in [0.25, 0.3) is 0 Å². The number of carbonyl (C=O) groups excluding carboxylic acids is 2. The topological polar surface area (TPSA) is 109 Å². The van der Waals surface area contributed by atoms with Crippen LogP contribution in [0.15, 0.2) is 18.2 Å². The zero-order chi connectivity index (χ0) is 24.5. The predicted molar refractivity (Wildman–Crippen MR) is 121 cm³/mol. The van der Waals surface area contributed by atoms with E-state index >= 15 is 0 Å². The van der Waals surface area contributed by atoms with Gasteiger partial charge in [0.2, 0.25) is 6.79 Å². The van der Waals surface area contributed by atoms with E-state index < -0.39 is 32.5 Å². The lowest BCUT2D eigenvalue weighted by atomic mass is 9.94. The first-order valence-electron chi connectivity index (χ1n) is 10.6. The van der Waals surface area contributed by atoms with Crippen molar-refractivity contribution >= 4 is 19.6 Å². The highest BCUT2D eigenvalue weighted by Gasteiger charge is 2.32. The molecule has 0 amide bonds. The van der Waals surface area contributed by atoms with Crippen molar-refractivity contribution in [3.8, 4) is 5.75 Å². The summed E-state index contributed by atoms with van der Waals surface area (Å²) in [6, 6.07) is 4.77. The predicted octanol–water partition coefficient (Wildman–Crippen LogP) is 5.15. The van der Waals surface area contributed by atoms with Crippen molar-refractivity contribution in [2.75, 3.05) is 20.3 Å². The fourth-order valence-corrected chi connectivity index (χ4v) is 4.55. The molecule has 0 heterocycles. The number of methoxy groups -OCH3 is 1. The monoisotopic (exact) mass is 473 g/mol. The maximum absolute atomic E-state index is 13.6. The Morgan fingerprint density at radius 3 is 2.00 bits per heavy atom. The lowest BCUT2D eigenvalue weighted by molar-refractivity contribution is -0.155. The van der Waals surface area contributed by atoms with Crippen molar-refractivity contribution in [1.82, 2.24) is 5.09 Å². The van der Waals surface area contributed by atoms with Crippen LogP contribution in [0, 0.1) is 0 Å². The molecule has 1 aromatic rings. The van der Waals surface area contributed by atoms with Gasteiger partial charge in [-0.25, -0.2) is 9.88 Å². The van der Waals surface area contributed by atoms with Crippen LogP contribution in [0.5, 0.6) is 5.75 Å². The molecule has 0 spiro atoms. The zero-order valence-corrected chi connectivity index (χ0v) is 21.1. The first-order chi connectivity index (χ1) is 14.9. The molecule has 0 bridgehead atoms. The van der Waals surface area contributed by atoms with Gasteiger partial charge >= 0.3 is 19.6 Å². The quantitative estimate of drug-likeness (QED) is 0.250. The summed E-state index contributed by atoms with van der Waals surface area (Å²) in [5, 5.41) is 2.71. The Hall–Kier alpha value is -2.09. The van der Waals surface area contributed by atoms with Crippen LogP contribution in [-0.4, -0.2) is 44.5 Å². The number of nitrogens with one attached hydrogen (secondary N) is 1. The van der Waals surface area contributed by atoms with E-state index in [-0.39, 0.29) is 24.3 Å². The van der Waals surface area contributed by atoms with E-state index in [0.29, 0.717) is 5.75 Å². The van der Waals surface area contributed by atoms with Crippen molar-refractivity contribution in [1.29, 1.82) is 0 Å². The molecule has 182 valence electrons. The summed E-state index contributed by atoms with van der Waals surface area (Å²) in [6.45, 7) is 12.2. The fraction of sp³-hybridized carbons (Fsp3) is 0.636. The third kappa shape index (κ3) is 8.81. The van der Waals surface area contributed by atoms with Gasteiger partial charge in [-0.3, -0.25) is 9.36 Å². The molecule has 0 saturated carbocycles. The van der Waals surface area contributed by atoms with Gasteiger partial charge in [0.15, 0.2) is 0 Å². The van der Waals surface area contributed by atoms with E-state index in [1.54, 1.807) is 13.8 Å². The number of hydrogen-bond acceptors (Lipinski definition) is 8. The molecule has 0 aliphatic carbocycles. The van der Waals surface area contributed by atoms with Crippen LogP contribution < -0.4 is 9.61 Å². The van der Waals surface area contributed by atoms with Gasteiger partial charge in [-0.2, -0.15) is 0 Å². The second kappa shape index (κ2) is 12.8. The number of ether oxygens (including phenoxy) is 4. The summed E-state index contributed by atoms with van der Waals surface area (Å²) in [5.41, 5.74) is 1.81. The molecule has 32 heavy (non-hydrogen) atoms. The standard InChI is InChI=1S/C22H36NO8P/c1-14(2)18-10-9-11-19(15(3)4)20(18)31-32(26,13-27-8)23-17(7)21(24)28-12-29-22(25)30-16(5)6/h9-11,14-17H,12-13H2,1-8H3,(H,23,26)/t17-,32-/m0/s1. The molecule has 9 nitrogen and oxygen atoms in total. The van der Waals surface area contributed by atoms with Crippen molar-refractivity contribution in [2.24, 2.45) is 0 Å². The molecule has 0 radical (unpaired) electrons. The van der Waals surface area contributed by atoms with Crippen molar-refractivity contribution in [2.45, 2.75) is 72.4 Å². The Balaban J connectivity index is 2.95. The van der Waals surface area contributed by atoms with Crippen LogP contribution >= 0.6 is 7.52 Å². The molecule has 1 rings (SSSR count). The van der Waals surface area contributed by atoms with Crippen LogP contribution in [-0.2, 0) is 28.3 Å². The Morgan fingerprint density at radius 2 is 1.53 bits per heavy atom. The average Bonchev–Trinajstić information content (AvgIpc) is 2.66. The second-order valence-electron chi connectivity index (χ2n) is 8.25. The minimum Gasteiger partial charge on any atom is -0.431 e. The Bertz CT molecular complexity index is 783. The Morgan fingerprint density at radius 1 is 0.969 bits per heavy atom. The van der Waals surface area contributed by atoms with Gasteiger partial charge in [-0.1, -0.05) is 45.9 Å². The maximum atomic E-state index is 13.6. The third-order valence-electron chi connectivity index (χ3n) is 4.31. The smallest absolute Gasteiger partial charge is 0.431 e. The molecule has 0 saturated heterocycles. The van der Waals surface area contributed by atoms with Gasteiger partial charge in [0.05, 0.1) is 6.10 Å². The molecule has 0 aromatic heterocycles. The summed E-state index contributed by atoms with van der Waals surface area (Å²) in [7, 11) is -2.26. The maximum Gasteiger partial charge on any atom is 0.511 e. The zero-order valence-electron chi connectivity index (χ0n) is 20.2. The van der Waals surface area contributed by atoms with E-state index in [1.165, 1.54) is 14.0 Å². The average molecular weight is 474 g/mol. The Labute approximate surface area is 190 Å². The number of para-hydroxylation sites is 1. The van der Waals surface area contributed by atoms with Crippen LogP contribution in [0.4, 0.5) is 4.79 Å². The Kier molecular flexibility index (Phi) is 11.2. The van der Waals surface area contributed by atoms with Crippen LogP contribution in [0.2, 0.25) is 0 Å². The van der Waals surface area contributed by atoms with Gasteiger partial charge in [-0.05, 0) is 43.7 Å².